The molecule has 1 rings (SSSR count). The molecule has 10 nitrogen and oxygen atoms in total. The molecule has 0 aliphatic carbocycles. The van der Waals surface area contributed by atoms with E-state index in [9.17, 15) is 28.5 Å². The maximum Gasteiger partial charge on any atom is 0.306 e. The molecule has 0 aromatic carbocycles. The Labute approximate surface area is 349 Å². The van der Waals surface area contributed by atoms with Gasteiger partial charge in [0.05, 0.1) is 36.9 Å². The first-order valence-corrected chi connectivity index (χ1v) is 23.7. The summed E-state index contributed by atoms with van der Waals surface area (Å²) in [6.07, 6.45) is 35.2. The molecule has 0 N–H and O–H groups in total. The van der Waals surface area contributed by atoms with Gasteiger partial charge in [-0.15, -0.1) is 0 Å². The summed E-state index contributed by atoms with van der Waals surface area (Å²) in [5.74, 6) is -1.70. The minimum Gasteiger partial charge on any atom is -0.786 e. The zero-order valence-corrected chi connectivity index (χ0v) is 37.2. The lowest BCUT2D eigenvalue weighted by atomic mass is 10.0. The third-order valence-corrected chi connectivity index (χ3v) is 10.2. The van der Waals surface area contributed by atoms with Crippen LogP contribution in [0.25, 0.3) is 0 Å². The van der Waals surface area contributed by atoms with E-state index in [0.717, 1.165) is 49.2 Å². The summed E-state index contributed by atoms with van der Waals surface area (Å²) in [5.41, 5.74) is 0. The molecule has 1 heterocycles. The highest BCUT2D eigenvalue weighted by atomic mass is 32.1. The van der Waals surface area contributed by atoms with Gasteiger partial charge in [-0.1, -0.05) is 168 Å². The fraction of sp³-hybridized carbons (Fsp3) is 0.860. The predicted molar refractivity (Wildman–Crippen MR) is 228 cm³/mol. The Morgan fingerprint density at radius 1 is 0.661 bits per heavy atom. The largest absolute Gasteiger partial charge is 0.786 e. The van der Waals surface area contributed by atoms with E-state index < -0.39 is 39.6 Å². The number of carbonyl (C=O) groups excluding carboxylic acids is 4. The van der Waals surface area contributed by atoms with Gasteiger partial charge in [0, 0.05) is 25.0 Å². The zero-order valence-electron chi connectivity index (χ0n) is 36.5. The molecule has 330 valence electrons. The molecule has 0 saturated heterocycles. The van der Waals surface area contributed by atoms with E-state index in [-0.39, 0.29) is 38.8 Å². The summed E-state index contributed by atoms with van der Waals surface area (Å²) in [7, 11) is -3.62. The average Bonchev–Trinajstić information content (AvgIpc) is 3.53. The summed E-state index contributed by atoms with van der Waals surface area (Å²) in [6, 6.07) is 0. The number of amides is 2. The van der Waals surface area contributed by atoms with Crippen LogP contribution < -0.4 is 4.89 Å². The number of esters is 2. The summed E-state index contributed by atoms with van der Waals surface area (Å²) < 4.78 is 36.9. The molecule has 13 heteroatoms. The Morgan fingerprint density at radius 2 is 1.02 bits per heavy atom. The van der Waals surface area contributed by atoms with Crippen LogP contribution >= 0.6 is 21.2 Å². The Bertz CT molecular complexity index is 967. The van der Waals surface area contributed by atoms with Crippen molar-refractivity contribution in [2.45, 2.75) is 200 Å². The lowest BCUT2D eigenvalue weighted by Gasteiger charge is -2.26. The third-order valence-electron chi connectivity index (χ3n) is 9.48. The van der Waals surface area contributed by atoms with Crippen molar-refractivity contribution in [1.29, 1.82) is 0 Å². The van der Waals surface area contributed by atoms with Gasteiger partial charge in [-0.25, -0.2) is 0 Å². The first kappa shape index (κ1) is 54.4. The number of hydrogen-bond acceptors (Lipinski definition) is 10. The first-order chi connectivity index (χ1) is 27.8. The number of halogens is 1. The standard InChI is InChI=1S/C41H73NO9P.CH3F.CH4S/c1-3-5-7-9-11-13-15-17-19-21-23-25-27-29-40(45)48-35-37(36-50-52(47)49-34-33-42-38(43)31-32-39(42)44)51-41(46)30-28-26-24-22-20-18-16-14-12-10-8-6-4-2;2*1-2/h31-32,37H,3-30,33-36H2,1-2H3;1H3;2H,1H3/q-1;;/i;1D;. The van der Waals surface area contributed by atoms with Gasteiger partial charge in [0.1, 0.15) is 6.61 Å². The van der Waals surface area contributed by atoms with Crippen molar-refractivity contribution < 1.29 is 48.4 Å². The highest BCUT2D eigenvalue weighted by molar-refractivity contribution is 7.79. The quantitative estimate of drug-likeness (QED) is 0.0212. The molecule has 0 spiro atoms. The van der Waals surface area contributed by atoms with E-state index in [4.69, 9.17) is 19.9 Å². The van der Waals surface area contributed by atoms with Gasteiger partial charge in [-0.3, -0.25) is 28.5 Å². The second-order valence-electron chi connectivity index (χ2n) is 14.3. The number of thiol groups is 1. The van der Waals surface area contributed by atoms with E-state index >= 15 is 0 Å². The Kier molecular flexibility index (Phi) is 43.2. The van der Waals surface area contributed by atoms with Crippen molar-refractivity contribution in [3.63, 3.8) is 0 Å². The molecule has 1 aliphatic heterocycles. The van der Waals surface area contributed by atoms with Crippen LogP contribution in [0.1, 0.15) is 195 Å². The van der Waals surface area contributed by atoms with E-state index in [1.807, 2.05) is 0 Å². The van der Waals surface area contributed by atoms with Crippen LogP contribution in [-0.2, 0) is 37.7 Å². The van der Waals surface area contributed by atoms with Crippen LogP contribution in [0.3, 0.4) is 0 Å². The van der Waals surface area contributed by atoms with Crippen molar-refractivity contribution >= 4 is 45.0 Å². The maximum absolute atomic E-state index is 12.6. The number of hydrogen-bond donors (Lipinski definition) is 1. The highest BCUT2D eigenvalue weighted by Gasteiger charge is 2.23. The van der Waals surface area contributed by atoms with Crippen molar-refractivity contribution in [2.75, 3.05) is 39.8 Å². The minimum absolute atomic E-state index is 0.0660. The molecular formula is C43H80FNO9PS-. The average molecular weight is 838 g/mol. The zero-order chi connectivity index (χ0) is 42.6. The molecular weight excluding hydrogens is 757 g/mol. The normalized spacial score (nSPS) is 13.4. The first-order valence-electron chi connectivity index (χ1n) is 22.4. The summed E-state index contributed by atoms with van der Waals surface area (Å²) in [5, 5.41) is 0. The van der Waals surface area contributed by atoms with Gasteiger partial charge in [-0.2, -0.15) is 12.6 Å². The SMILES string of the molecule is CCCCCCCCCCCCCCCC(=O)OCC(COP([O-])OCCN1C(=O)C=CC1=O)OC(=O)CCCCCCCCCCCCCCC.CS.[2H]CF. The number of rotatable bonds is 38. The van der Waals surface area contributed by atoms with E-state index in [1.165, 1.54) is 128 Å². The minimum atomic E-state index is -2.62. The molecule has 2 atom stereocenters. The van der Waals surface area contributed by atoms with Crippen LogP contribution in [0.5, 0.6) is 0 Å². The van der Waals surface area contributed by atoms with E-state index in [0.29, 0.717) is 12.8 Å². The van der Waals surface area contributed by atoms with Gasteiger partial charge in [0.15, 0.2) is 6.10 Å². The number of imide groups is 1. The van der Waals surface area contributed by atoms with Crippen molar-refractivity contribution in [1.82, 2.24) is 4.90 Å². The summed E-state index contributed by atoms with van der Waals surface area (Å²) in [6.45, 7) is 3.76. The molecule has 0 aromatic rings. The number of carbonyl (C=O) groups is 4. The fourth-order valence-corrected chi connectivity index (χ4v) is 6.83. The van der Waals surface area contributed by atoms with Crippen molar-refractivity contribution in [2.24, 2.45) is 0 Å². The lowest BCUT2D eigenvalue weighted by Crippen LogP contribution is -2.33. The Balaban J connectivity index is 0. The highest BCUT2D eigenvalue weighted by Crippen LogP contribution is 2.28. The van der Waals surface area contributed by atoms with E-state index in [1.54, 1.807) is 6.26 Å². The van der Waals surface area contributed by atoms with Gasteiger partial charge in [0.2, 0.25) is 0 Å². The van der Waals surface area contributed by atoms with E-state index in [2.05, 4.69) is 26.5 Å². The van der Waals surface area contributed by atoms with Gasteiger partial charge < -0.3 is 23.4 Å². The molecule has 0 aromatic heterocycles. The Hall–Kier alpha value is -1.59. The van der Waals surface area contributed by atoms with Crippen molar-refractivity contribution in [3.8, 4) is 0 Å². The number of alkyl halides is 1. The smallest absolute Gasteiger partial charge is 0.306 e. The molecule has 0 saturated carbocycles. The van der Waals surface area contributed by atoms with Gasteiger partial charge in [0.25, 0.3) is 11.8 Å². The van der Waals surface area contributed by atoms with Gasteiger partial charge >= 0.3 is 11.9 Å². The van der Waals surface area contributed by atoms with Crippen LogP contribution in [0.2, 0.25) is 0 Å². The second kappa shape index (κ2) is 44.5. The van der Waals surface area contributed by atoms with Crippen LogP contribution in [0.4, 0.5) is 4.39 Å². The molecule has 56 heavy (non-hydrogen) atoms. The van der Waals surface area contributed by atoms with Crippen LogP contribution in [0.15, 0.2) is 12.2 Å². The molecule has 2 amide bonds. The second-order valence-corrected chi connectivity index (χ2v) is 15.3. The number of unbranched alkanes of at least 4 members (excludes halogenated alkanes) is 24. The molecule has 0 fully saturated rings. The molecule has 0 bridgehead atoms. The third kappa shape index (κ3) is 36.7. The molecule has 0 radical (unpaired) electrons. The lowest BCUT2D eigenvalue weighted by molar-refractivity contribution is -0.208. The number of ether oxygens (including phenoxy) is 2. The maximum atomic E-state index is 12.6. The molecule has 1 aliphatic rings. The summed E-state index contributed by atoms with van der Waals surface area (Å²) >= 11 is 3.53. The predicted octanol–water partition coefficient (Wildman–Crippen LogP) is 11.1. The fourth-order valence-electron chi connectivity index (χ4n) is 6.23. The van der Waals surface area contributed by atoms with Crippen LogP contribution in [0, 0.1) is 0 Å². The molecule has 2 unspecified atom stereocenters. The number of nitrogens with zero attached hydrogens (tertiary/aromatic N) is 1. The topological polar surface area (TPSA) is 132 Å². The van der Waals surface area contributed by atoms with Crippen molar-refractivity contribution in [3.05, 3.63) is 12.2 Å². The summed E-state index contributed by atoms with van der Waals surface area (Å²) in [4.78, 5) is 61.7. The van der Waals surface area contributed by atoms with Crippen LogP contribution in [-0.4, -0.2) is 74.5 Å². The van der Waals surface area contributed by atoms with Gasteiger partial charge in [-0.05, 0) is 19.1 Å². The monoisotopic (exact) mass is 838 g/mol. The Morgan fingerprint density at radius 3 is 1.41 bits per heavy atom.